The number of hydrogen-bond acceptors (Lipinski definition) is 1. The summed E-state index contributed by atoms with van der Waals surface area (Å²) in [5, 5.41) is 4.50. The molecular weight excluding hydrogens is 260 g/mol. The summed E-state index contributed by atoms with van der Waals surface area (Å²) in [6.45, 7) is 8.02. The summed E-state index contributed by atoms with van der Waals surface area (Å²) in [6, 6.07) is 6.48. The molecule has 114 valence electrons. The maximum Gasteiger partial charge on any atom is 0.188 e. The number of fused-ring (bicyclic) bond motifs is 1. The minimum Gasteiger partial charge on any atom is -0.370 e. The molecule has 0 saturated carbocycles. The van der Waals surface area contributed by atoms with Crippen LogP contribution in [0.1, 0.15) is 31.9 Å². The maximum absolute atomic E-state index is 5.85. The van der Waals surface area contributed by atoms with Gasteiger partial charge in [0.2, 0.25) is 0 Å². The molecule has 4 N–H and O–H groups in total. The van der Waals surface area contributed by atoms with Gasteiger partial charge in [-0.05, 0) is 29.9 Å². The molecule has 0 saturated heterocycles. The van der Waals surface area contributed by atoms with Gasteiger partial charge in [0.25, 0.3) is 0 Å². The van der Waals surface area contributed by atoms with Gasteiger partial charge in [-0.25, -0.2) is 0 Å². The predicted octanol–water partition coefficient (Wildman–Crippen LogP) is 2.83. The Kier molecular flexibility index (Phi) is 5.26. The first kappa shape index (κ1) is 15.4. The highest BCUT2D eigenvalue weighted by molar-refractivity contribution is 5.86. The molecule has 1 aromatic carbocycles. The fourth-order valence-electron chi connectivity index (χ4n) is 2.44. The number of aliphatic imine (C=N–C) groups is 1. The zero-order valence-corrected chi connectivity index (χ0v) is 13.2. The minimum atomic E-state index is 0.534. The number of aryl methyl sites for hydroxylation is 1. The van der Waals surface area contributed by atoms with Crippen molar-refractivity contribution in [1.29, 1.82) is 0 Å². The number of aromatic amines is 1. The molecule has 1 aromatic heterocycles. The van der Waals surface area contributed by atoms with E-state index in [-0.39, 0.29) is 0 Å². The van der Waals surface area contributed by atoms with Crippen LogP contribution in [0.25, 0.3) is 10.9 Å². The standard InChI is InChI=1S/C17H26N4/c1-4-13-6-5-7-15-14(11-20-16(13)15)8-9-19-17(18)21-10-12(2)3/h5-7,11-12,20H,4,8-10H2,1-3H3,(H3,18,19,21). The number of rotatable bonds is 6. The van der Waals surface area contributed by atoms with E-state index in [0.29, 0.717) is 11.9 Å². The van der Waals surface area contributed by atoms with Gasteiger partial charge in [-0.1, -0.05) is 39.0 Å². The second-order valence-electron chi connectivity index (χ2n) is 5.80. The van der Waals surface area contributed by atoms with Crippen LogP contribution in [-0.4, -0.2) is 24.0 Å². The number of para-hydroxylation sites is 1. The van der Waals surface area contributed by atoms with Crippen LogP contribution in [0.15, 0.2) is 29.4 Å². The molecule has 0 aliphatic heterocycles. The summed E-state index contributed by atoms with van der Waals surface area (Å²) in [4.78, 5) is 7.70. The quantitative estimate of drug-likeness (QED) is 0.564. The number of aromatic nitrogens is 1. The van der Waals surface area contributed by atoms with Gasteiger partial charge < -0.3 is 16.0 Å². The molecule has 0 unspecified atom stereocenters. The van der Waals surface area contributed by atoms with Crippen molar-refractivity contribution in [3.63, 3.8) is 0 Å². The molecule has 0 aliphatic rings. The van der Waals surface area contributed by atoms with E-state index in [0.717, 1.165) is 25.9 Å². The van der Waals surface area contributed by atoms with Gasteiger partial charge in [-0.2, -0.15) is 0 Å². The zero-order chi connectivity index (χ0) is 15.2. The van der Waals surface area contributed by atoms with Crippen molar-refractivity contribution in [2.45, 2.75) is 33.6 Å². The third-order valence-corrected chi connectivity index (χ3v) is 3.60. The second kappa shape index (κ2) is 7.16. The zero-order valence-electron chi connectivity index (χ0n) is 13.2. The van der Waals surface area contributed by atoms with E-state index in [1.165, 1.54) is 22.0 Å². The molecule has 2 rings (SSSR count). The summed E-state index contributed by atoms with van der Waals surface area (Å²) in [7, 11) is 0. The van der Waals surface area contributed by atoms with Gasteiger partial charge in [0.05, 0.1) is 0 Å². The van der Waals surface area contributed by atoms with Crippen LogP contribution in [0.3, 0.4) is 0 Å². The Balaban J connectivity index is 1.97. The van der Waals surface area contributed by atoms with E-state index >= 15 is 0 Å². The number of H-pyrrole nitrogens is 1. The Morgan fingerprint density at radius 3 is 2.86 bits per heavy atom. The number of benzene rings is 1. The fraction of sp³-hybridized carbons (Fsp3) is 0.471. The summed E-state index contributed by atoms with van der Waals surface area (Å²) < 4.78 is 0. The highest BCUT2D eigenvalue weighted by Gasteiger charge is 2.06. The number of nitrogens with zero attached hydrogens (tertiary/aromatic N) is 1. The molecule has 0 spiro atoms. The van der Waals surface area contributed by atoms with Crippen molar-refractivity contribution >= 4 is 16.9 Å². The van der Waals surface area contributed by atoms with E-state index < -0.39 is 0 Å². The Bertz CT molecular complexity index is 610. The molecule has 0 aliphatic carbocycles. The second-order valence-corrected chi connectivity index (χ2v) is 5.80. The van der Waals surface area contributed by atoms with E-state index in [1.54, 1.807) is 0 Å². The first-order chi connectivity index (χ1) is 10.1. The van der Waals surface area contributed by atoms with E-state index in [9.17, 15) is 0 Å². The first-order valence-electron chi connectivity index (χ1n) is 7.73. The molecular formula is C17H26N4. The van der Waals surface area contributed by atoms with Crippen LogP contribution in [-0.2, 0) is 12.8 Å². The largest absolute Gasteiger partial charge is 0.370 e. The molecule has 0 bridgehead atoms. The first-order valence-corrected chi connectivity index (χ1v) is 7.73. The SMILES string of the molecule is CCc1cccc2c(CCNC(N)=NCC(C)C)c[nH]c12. The monoisotopic (exact) mass is 286 g/mol. The number of guanidine groups is 1. The van der Waals surface area contributed by atoms with Gasteiger partial charge in [0, 0.05) is 30.2 Å². The average molecular weight is 286 g/mol. The van der Waals surface area contributed by atoms with Crippen LogP contribution < -0.4 is 11.1 Å². The lowest BCUT2D eigenvalue weighted by atomic mass is 10.1. The van der Waals surface area contributed by atoms with Crippen molar-refractivity contribution in [2.75, 3.05) is 13.1 Å². The molecule has 0 radical (unpaired) electrons. The number of nitrogens with one attached hydrogen (secondary N) is 2. The Morgan fingerprint density at radius 1 is 1.33 bits per heavy atom. The van der Waals surface area contributed by atoms with Crippen LogP contribution in [0.5, 0.6) is 0 Å². The molecule has 2 aromatic rings. The highest BCUT2D eigenvalue weighted by Crippen LogP contribution is 2.22. The van der Waals surface area contributed by atoms with Crippen molar-refractivity contribution in [1.82, 2.24) is 10.3 Å². The number of nitrogens with two attached hydrogens (primary N) is 1. The lowest BCUT2D eigenvalue weighted by molar-refractivity contribution is 0.661. The van der Waals surface area contributed by atoms with Gasteiger partial charge in [0.15, 0.2) is 5.96 Å². The normalized spacial score (nSPS) is 12.3. The Morgan fingerprint density at radius 2 is 2.14 bits per heavy atom. The summed E-state index contributed by atoms with van der Waals surface area (Å²) in [5.74, 6) is 1.07. The summed E-state index contributed by atoms with van der Waals surface area (Å²) >= 11 is 0. The van der Waals surface area contributed by atoms with Crippen LogP contribution in [0.4, 0.5) is 0 Å². The van der Waals surface area contributed by atoms with E-state index in [2.05, 4.69) is 60.5 Å². The van der Waals surface area contributed by atoms with Crippen molar-refractivity contribution in [3.05, 3.63) is 35.5 Å². The third kappa shape index (κ3) is 4.00. The molecule has 4 nitrogen and oxygen atoms in total. The smallest absolute Gasteiger partial charge is 0.188 e. The summed E-state index contributed by atoms with van der Waals surface area (Å²) in [5.41, 5.74) is 9.80. The predicted molar refractivity (Wildman–Crippen MR) is 90.7 cm³/mol. The third-order valence-electron chi connectivity index (χ3n) is 3.60. The molecule has 0 amide bonds. The van der Waals surface area contributed by atoms with Crippen molar-refractivity contribution in [3.8, 4) is 0 Å². The molecule has 0 fully saturated rings. The van der Waals surface area contributed by atoms with Gasteiger partial charge in [0.1, 0.15) is 0 Å². The molecule has 4 heteroatoms. The topological polar surface area (TPSA) is 66.2 Å². The van der Waals surface area contributed by atoms with Crippen LogP contribution in [0.2, 0.25) is 0 Å². The average Bonchev–Trinajstić information content (AvgIpc) is 2.88. The van der Waals surface area contributed by atoms with E-state index in [1.807, 2.05) is 0 Å². The lowest BCUT2D eigenvalue weighted by Gasteiger charge is -2.06. The fourth-order valence-corrected chi connectivity index (χ4v) is 2.44. The molecule has 0 atom stereocenters. The summed E-state index contributed by atoms with van der Waals surface area (Å²) in [6.07, 6.45) is 4.09. The highest BCUT2D eigenvalue weighted by atomic mass is 15.1. The Labute approximate surface area is 126 Å². The minimum absolute atomic E-state index is 0.534. The molecule has 1 heterocycles. The van der Waals surface area contributed by atoms with E-state index in [4.69, 9.17) is 5.73 Å². The van der Waals surface area contributed by atoms with Crippen LogP contribution in [0, 0.1) is 5.92 Å². The van der Waals surface area contributed by atoms with Gasteiger partial charge >= 0.3 is 0 Å². The maximum atomic E-state index is 5.85. The van der Waals surface area contributed by atoms with Gasteiger partial charge in [-0.3, -0.25) is 4.99 Å². The lowest BCUT2D eigenvalue weighted by Crippen LogP contribution is -2.33. The molecule has 21 heavy (non-hydrogen) atoms. The van der Waals surface area contributed by atoms with Crippen molar-refractivity contribution < 1.29 is 0 Å². The van der Waals surface area contributed by atoms with Gasteiger partial charge in [-0.15, -0.1) is 0 Å². The number of hydrogen-bond donors (Lipinski definition) is 3. The van der Waals surface area contributed by atoms with Crippen LogP contribution >= 0.6 is 0 Å². The van der Waals surface area contributed by atoms with Crippen molar-refractivity contribution in [2.24, 2.45) is 16.6 Å². The Hall–Kier alpha value is -1.97.